The number of aromatic nitrogens is 1. The number of hydrogen-bond donors (Lipinski definition) is 3. The Hall–Kier alpha value is -2.34. The number of hydrogen-bond acceptors (Lipinski definition) is 4. The first-order valence-electron chi connectivity index (χ1n) is 8.76. The van der Waals surface area contributed by atoms with Crippen molar-refractivity contribution in [2.75, 3.05) is 11.9 Å². The Morgan fingerprint density at radius 2 is 2.04 bits per heavy atom. The van der Waals surface area contributed by atoms with Gasteiger partial charge in [-0.2, -0.15) is 0 Å². The quantitative estimate of drug-likeness (QED) is 0.791. The summed E-state index contributed by atoms with van der Waals surface area (Å²) in [5.74, 6) is 0.936. The summed E-state index contributed by atoms with van der Waals surface area (Å²) in [6.07, 6.45) is 5.35. The zero-order valence-electron chi connectivity index (χ0n) is 14.7. The zero-order chi connectivity index (χ0) is 17.8. The number of urea groups is 1. The second kappa shape index (κ2) is 7.70. The molecule has 6 heteroatoms. The first kappa shape index (κ1) is 17.5. The van der Waals surface area contributed by atoms with Crippen molar-refractivity contribution in [2.24, 2.45) is 5.92 Å². The van der Waals surface area contributed by atoms with E-state index in [4.69, 9.17) is 4.42 Å². The Labute approximate surface area is 147 Å². The number of nitrogens with one attached hydrogen (secondary N) is 2. The number of oxazole rings is 1. The Kier molecular flexibility index (Phi) is 5.38. The van der Waals surface area contributed by atoms with Crippen molar-refractivity contribution in [1.82, 2.24) is 10.3 Å². The molecule has 2 aromatic rings. The second-order valence-corrected chi connectivity index (χ2v) is 6.82. The maximum atomic E-state index is 12.3. The molecule has 2 amide bonds. The van der Waals surface area contributed by atoms with Crippen LogP contribution in [0.15, 0.2) is 28.9 Å². The van der Waals surface area contributed by atoms with E-state index < -0.39 is 0 Å². The van der Waals surface area contributed by atoms with Gasteiger partial charge in [0.25, 0.3) is 0 Å². The molecule has 0 radical (unpaired) electrons. The van der Waals surface area contributed by atoms with Crippen LogP contribution in [0.1, 0.15) is 36.9 Å². The Morgan fingerprint density at radius 3 is 2.68 bits per heavy atom. The van der Waals surface area contributed by atoms with Gasteiger partial charge in [-0.25, -0.2) is 9.78 Å². The molecule has 134 valence electrons. The van der Waals surface area contributed by atoms with E-state index in [9.17, 15) is 9.90 Å². The van der Waals surface area contributed by atoms with Crippen molar-refractivity contribution in [3.63, 3.8) is 0 Å². The lowest BCUT2D eigenvalue weighted by molar-refractivity contribution is 0.176. The summed E-state index contributed by atoms with van der Waals surface area (Å²) in [7, 11) is 0. The second-order valence-electron chi connectivity index (χ2n) is 6.82. The fraction of sp³-hybridized carbons (Fsp3) is 0.474. The fourth-order valence-corrected chi connectivity index (χ4v) is 3.25. The SMILES string of the molecule is Cc1coc(-c2cc(NC(=O)NC3CCC(CO)CC3)ccc2C)n1. The van der Waals surface area contributed by atoms with Gasteiger partial charge in [-0.1, -0.05) is 6.07 Å². The third-order valence-corrected chi connectivity index (χ3v) is 4.79. The summed E-state index contributed by atoms with van der Waals surface area (Å²) < 4.78 is 5.47. The van der Waals surface area contributed by atoms with E-state index in [0.717, 1.165) is 42.5 Å². The normalized spacial score (nSPS) is 20.3. The molecule has 1 saturated carbocycles. The summed E-state index contributed by atoms with van der Waals surface area (Å²) in [6.45, 7) is 4.10. The van der Waals surface area contributed by atoms with Gasteiger partial charge >= 0.3 is 6.03 Å². The molecule has 25 heavy (non-hydrogen) atoms. The van der Waals surface area contributed by atoms with Crippen LogP contribution in [0.25, 0.3) is 11.5 Å². The van der Waals surface area contributed by atoms with Gasteiger partial charge in [0.05, 0.1) is 5.69 Å². The van der Waals surface area contributed by atoms with Crippen LogP contribution < -0.4 is 10.6 Å². The van der Waals surface area contributed by atoms with E-state index in [1.807, 2.05) is 32.0 Å². The number of benzene rings is 1. The molecule has 1 heterocycles. The van der Waals surface area contributed by atoms with Gasteiger partial charge in [0.2, 0.25) is 5.89 Å². The number of aliphatic hydroxyl groups is 1. The highest BCUT2D eigenvalue weighted by molar-refractivity contribution is 5.90. The Morgan fingerprint density at radius 1 is 1.28 bits per heavy atom. The number of carbonyl (C=O) groups is 1. The summed E-state index contributed by atoms with van der Waals surface area (Å²) in [5.41, 5.74) is 3.44. The number of carbonyl (C=O) groups excluding carboxylic acids is 1. The maximum Gasteiger partial charge on any atom is 0.319 e. The van der Waals surface area contributed by atoms with Gasteiger partial charge in [-0.3, -0.25) is 0 Å². The Bertz CT molecular complexity index is 733. The van der Waals surface area contributed by atoms with E-state index in [1.54, 1.807) is 6.26 Å². The monoisotopic (exact) mass is 343 g/mol. The number of anilines is 1. The van der Waals surface area contributed by atoms with Crippen LogP contribution in [-0.2, 0) is 0 Å². The largest absolute Gasteiger partial charge is 0.444 e. The van der Waals surface area contributed by atoms with Crippen LogP contribution in [-0.4, -0.2) is 28.8 Å². The van der Waals surface area contributed by atoms with Gasteiger partial charge in [0.1, 0.15) is 6.26 Å². The van der Waals surface area contributed by atoms with Gasteiger partial charge in [0.15, 0.2) is 0 Å². The molecular formula is C19H25N3O3. The molecule has 0 saturated heterocycles. The van der Waals surface area contributed by atoms with E-state index in [1.165, 1.54) is 0 Å². The number of amides is 2. The zero-order valence-corrected chi connectivity index (χ0v) is 14.7. The van der Waals surface area contributed by atoms with E-state index in [-0.39, 0.29) is 18.7 Å². The lowest BCUT2D eigenvalue weighted by Gasteiger charge is -2.28. The standard InChI is InChI=1S/C19H25N3O3/c1-12-3-6-16(9-17(12)18-20-13(2)11-25-18)22-19(24)21-15-7-4-14(10-23)5-8-15/h3,6,9,11,14-15,23H,4-5,7-8,10H2,1-2H3,(H2,21,22,24). The summed E-state index contributed by atoms with van der Waals surface area (Å²) >= 11 is 0. The molecule has 0 aliphatic heterocycles. The highest BCUT2D eigenvalue weighted by atomic mass is 16.3. The molecule has 1 aliphatic rings. The third-order valence-electron chi connectivity index (χ3n) is 4.79. The molecule has 0 bridgehead atoms. The molecule has 3 rings (SSSR count). The van der Waals surface area contributed by atoms with Crippen LogP contribution in [0.3, 0.4) is 0 Å². The van der Waals surface area contributed by atoms with Crippen LogP contribution in [0.4, 0.5) is 10.5 Å². The average Bonchev–Trinajstić information content (AvgIpc) is 3.03. The van der Waals surface area contributed by atoms with Crippen molar-refractivity contribution >= 4 is 11.7 Å². The first-order chi connectivity index (χ1) is 12.0. The highest BCUT2D eigenvalue weighted by Crippen LogP contribution is 2.26. The smallest absolute Gasteiger partial charge is 0.319 e. The van der Waals surface area contributed by atoms with Crippen molar-refractivity contribution in [3.05, 3.63) is 35.7 Å². The maximum absolute atomic E-state index is 12.3. The van der Waals surface area contributed by atoms with Crippen molar-refractivity contribution in [1.29, 1.82) is 0 Å². The number of rotatable bonds is 4. The van der Waals surface area contributed by atoms with Crippen molar-refractivity contribution in [2.45, 2.75) is 45.6 Å². The molecule has 1 aromatic heterocycles. The predicted octanol–water partition coefficient (Wildman–Crippen LogP) is 3.63. The van der Waals surface area contributed by atoms with Crippen LogP contribution >= 0.6 is 0 Å². The Balaban J connectivity index is 1.62. The predicted molar refractivity (Wildman–Crippen MR) is 96.4 cm³/mol. The lowest BCUT2D eigenvalue weighted by atomic mass is 9.87. The van der Waals surface area contributed by atoms with Gasteiger partial charge in [0, 0.05) is 23.9 Å². The average molecular weight is 343 g/mol. The van der Waals surface area contributed by atoms with Crippen LogP contribution in [0.2, 0.25) is 0 Å². The van der Waals surface area contributed by atoms with Crippen LogP contribution in [0.5, 0.6) is 0 Å². The van der Waals surface area contributed by atoms with E-state index >= 15 is 0 Å². The summed E-state index contributed by atoms with van der Waals surface area (Å²) in [5, 5.41) is 15.1. The number of aliphatic hydroxyl groups excluding tert-OH is 1. The van der Waals surface area contributed by atoms with Crippen LogP contribution in [0, 0.1) is 19.8 Å². The summed E-state index contributed by atoms with van der Waals surface area (Å²) in [6, 6.07) is 5.66. The number of aryl methyl sites for hydroxylation is 2. The lowest BCUT2D eigenvalue weighted by Crippen LogP contribution is -2.40. The molecule has 1 aromatic carbocycles. The molecule has 0 unspecified atom stereocenters. The minimum Gasteiger partial charge on any atom is -0.444 e. The molecule has 1 fully saturated rings. The van der Waals surface area contributed by atoms with Gasteiger partial charge in [-0.05, 0) is 63.1 Å². The molecule has 6 nitrogen and oxygen atoms in total. The van der Waals surface area contributed by atoms with E-state index in [0.29, 0.717) is 17.5 Å². The molecule has 0 atom stereocenters. The molecule has 1 aliphatic carbocycles. The van der Waals surface area contributed by atoms with Gasteiger partial charge in [-0.15, -0.1) is 0 Å². The molecule has 0 spiro atoms. The summed E-state index contributed by atoms with van der Waals surface area (Å²) in [4.78, 5) is 16.6. The molecule has 3 N–H and O–H groups in total. The minimum atomic E-state index is -0.203. The first-order valence-corrected chi connectivity index (χ1v) is 8.76. The van der Waals surface area contributed by atoms with Crippen molar-refractivity contribution in [3.8, 4) is 11.5 Å². The van der Waals surface area contributed by atoms with Gasteiger partial charge < -0.3 is 20.2 Å². The van der Waals surface area contributed by atoms with E-state index in [2.05, 4.69) is 15.6 Å². The molecular weight excluding hydrogens is 318 g/mol. The minimum absolute atomic E-state index is 0.169. The topological polar surface area (TPSA) is 87.4 Å². The number of nitrogens with zero attached hydrogens (tertiary/aromatic N) is 1. The highest BCUT2D eigenvalue weighted by Gasteiger charge is 2.22. The fourth-order valence-electron chi connectivity index (χ4n) is 3.25. The third kappa shape index (κ3) is 4.39. The van der Waals surface area contributed by atoms with Crippen molar-refractivity contribution < 1.29 is 14.3 Å².